The number of carbonyl (C=O) groups is 1. The molecule has 1 heterocycles. The number of hydrogen-bond donors (Lipinski definition) is 0. The molecule has 37 heavy (non-hydrogen) atoms. The Hall–Kier alpha value is -3.98. The molecule has 192 valence electrons. The molecule has 1 unspecified atom stereocenters. The van der Waals surface area contributed by atoms with Gasteiger partial charge in [0, 0.05) is 19.2 Å². The summed E-state index contributed by atoms with van der Waals surface area (Å²) in [5.74, 6) is -0.344. The van der Waals surface area contributed by atoms with E-state index in [0.717, 1.165) is 17.7 Å². The summed E-state index contributed by atoms with van der Waals surface area (Å²) in [6.07, 6.45) is -4.59. The molecule has 6 nitrogen and oxygen atoms in total. The molecule has 0 radical (unpaired) electrons. The molecule has 0 N–H and O–H groups in total. The third-order valence-corrected chi connectivity index (χ3v) is 6.23. The van der Waals surface area contributed by atoms with Crippen LogP contribution in [0.15, 0.2) is 77.6 Å². The molecule has 0 saturated heterocycles. The summed E-state index contributed by atoms with van der Waals surface area (Å²) in [4.78, 5) is 33.4. The molecule has 3 aromatic carbocycles. The average Bonchev–Trinajstić information content (AvgIpc) is 2.89. The van der Waals surface area contributed by atoms with Gasteiger partial charge in [0.1, 0.15) is 5.82 Å². The van der Waals surface area contributed by atoms with Crippen LogP contribution in [0.4, 0.5) is 13.2 Å². The number of benzene rings is 3. The summed E-state index contributed by atoms with van der Waals surface area (Å²) in [6.45, 7) is 3.77. The fraction of sp³-hybridized carbons (Fsp3) is 0.250. The van der Waals surface area contributed by atoms with E-state index in [1.807, 2.05) is 19.1 Å². The minimum Gasteiger partial charge on any atom is -0.383 e. The van der Waals surface area contributed by atoms with E-state index >= 15 is 0 Å². The maximum absolute atomic E-state index is 13.7. The number of halogens is 3. The number of hydrogen-bond acceptors (Lipinski definition) is 4. The van der Waals surface area contributed by atoms with Crippen molar-refractivity contribution < 1.29 is 22.7 Å². The zero-order valence-electron chi connectivity index (χ0n) is 20.6. The molecule has 0 saturated carbocycles. The molecule has 9 heteroatoms. The Bertz CT molecular complexity index is 1500. The first-order chi connectivity index (χ1) is 17.6. The third-order valence-electron chi connectivity index (χ3n) is 6.23. The van der Waals surface area contributed by atoms with E-state index in [-0.39, 0.29) is 30.1 Å². The van der Waals surface area contributed by atoms with E-state index in [1.54, 1.807) is 43.3 Å². The summed E-state index contributed by atoms with van der Waals surface area (Å²) in [7, 11) is 1.47. The highest BCUT2D eigenvalue weighted by molar-refractivity contribution is 5.94. The molecule has 0 aliphatic rings. The number of aromatic nitrogens is 2. The third kappa shape index (κ3) is 5.27. The molecular weight excluding hydrogens is 483 g/mol. The van der Waals surface area contributed by atoms with Gasteiger partial charge < -0.3 is 9.64 Å². The number of fused-ring (bicyclic) bond motifs is 1. The van der Waals surface area contributed by atoms with Crippen molar-refractivity contribution in [1.82, 2.24) is 14.5 Å². The number of aryl methyl sites for hydroxylation is 1. The Morgan fingerprint density at radius 1 is 1.05 bits per heavy atom. The fourth-order valence-electron chi connectivity index (χ4n) is 4.27. The first-order valence-electron chi connectivity index (χ1n) is 11.7. The van der Waals surface area contributed by atoms with Crippen LogP contribution in [0.5, 0.6) is 0 Å². The van der Waals surface area contributed by atoms with Crippen molar-refractivity contribution in [2.24, 2.45) is 0 Å². The van der Waals surface area contributed by atoms with Gasteiger partial charge in [-0.25, -0.2) is 4.98 Å². The van der Waals surface area contributed by atoms with E-state index < -0.39 is 23.7 Å². The summed E-state index contributed by atoms with van der Waals surface area (Å²) < 4.78 is 46.7. The van der Waals surface area contributed by atoms with Crippen molar-refractivity contribution in [2.75, 3.05) is 20.3 Å². The van der Waals surface area contributed by atoms with Crippen LogP contribution in [-0.2, 0) is 10.9 Å². The summed E-state index contributed by atoms with van der Waals surface area (Å²) in [5.41, 5.74) is 0.535. The highest BCUT2D eigenvalue weighted by atomic mass is 19.4. The van der Waals surface area contributed by atoms with Gasteiger partial charge in [0.25, 0.3) is 11.5 Å². The molecular formula is C28H26F3N3O3. The second-order valence-electron chi connectivity index (χ2n) is 8.66. The number of amides is 1. The molecule has 1 aromatic heterocycles. The Kier molecular flexibility index (Phi) is 7.45. The molecule has 0 aliphatic heterocycles. The van der Waals surface area contributed by atoms with E-state index in [2.05, 4.69) is 0 Å². The van der Waals surface area contributed by atoms with E-state index in [0.29, 0.717) is 16.6 Å². The fourth-order valence-corrected chi connectivity index (χ4v) is 4.27. The van der Waals surface area contributed by atoms with Crippen LogP contribution >= 0.6 is 0 Å². The number of rotatable bonds is 7. The topological polar surface area (TPSA) is 64.4 Å². The van der Waals surface area contributed by atoms with Gasteiger partial charge in [0.15, 0.2) is 0 Å². The average molecular weight is 510 g/mol. The van der Waals surface area contributed by atoms with Crippen LogP contribution < -0.4 is 5.56 Å². The number of nitrogens with zero attached hydrogens (tertiary/aromatic N) is 3. The SMILES string of the molecule is COCCN(C(=O)c1cccc(C(F)(F)F)c1)C(C)c1nc2ccccc2c(=O)n1-c1ccccc1C. The second-order valence-corrected chi connectivity index (χ2v) is 8.66. The lowest BCUT2D eigenvalue weighted by molar-refractivity contribution is -0.137. The molecule has 4 aromatic rings. The Balaban J connectivity index is 1.90. The molecule has 0 bridgehead atoms. The van der Waals surface area contributed by atoms with Gasteiger partial charge in [0.2, 0.25) is 0 Å². The van der Waals surface area contributed by atoms with Crippen molar-refractivity contribution in [3.63, 3.8) is 0 Å². The lowest BCUT2D eigenvalue weighted by Gasteiger charge is -2.31. The van der Waals surface area contributed by atoms with Crippen molar-refractivity contribution in [3.05, 3.63) is 106 Å². The van der Waals surface area contributed by atoms with Gasteiger partial charge in [0.05, 0.1) is 34.8 Å². The largest absolute Gasteiger partial charge is 0.416 e. The maximum atomic E-state index is 13.7. The lowest BCUT2D eigenvalue weighted by Crippen LogP contribution is -2.39. The first-order valence-corrected chi connectivity index (χ1v) is 11.7. The standard InChI is InChI=1S/C28H26F3N3O3/c1-18-9-4-7-14-24(18)34-25(32-23-13-6-5-12-22(23)27(34)36)19(2)33(15-16-37-3)26(35)20-10-8-11-21(17-20)28(29,30)31/h4-14,17,19H,15-16H2,1-3H3. The monoisotopic (exact) mass is 509 g/mol. The van der Waals surface area contributed by atoms with Crippen LogP contribution in [0.25, 0.3) is 16.6 Å². The van der Waals surface area contributed by atoms with E-state index in [9.17, 15) is 22.8 Å². The molecule has 1 atom stereocenters. The minimum atomic E-state index is -4.59. The van der Waals surface area contributed by atoms with Crippen molar-refractivity contribution >= 4 is 16.8 Å². The number of para-hydroxylation sites is 2. The van der Waals surface area contributed by atoms with Gasteiger partial charge in [-0.1, -0.05) is 36.4 Å². The minimum absolute atomic E-state index is 0.0726. The number of ether oxygens (including phenoxy) is 1. The van der Waals surface area contributed by atoms with E-state index in [4.69, 9.17) is 9.72 Å². The summed E-state index contributed by atoms with van der Waals surface area (Å²) in [6, 6.07) is 17.7. The van der Waals surface area contributed by atoms with Gasteiger partial charge in [-0.3, -0.25) is 14.2 Å². The smallest absolute Gasteiger partial charge is 0.383 e. The van der Waals surface area contributed by atoms with Crippen molar-refractivity contribution in [2.45, 2.75) is 26.1 Å². The Morgan fingerprint density at radius 3 is 2.46 bits per heavy atom. The second kappa shape index (κ2) is 10.6. The highest BCUT2D eigenvalue weighted by Gasteiger charge is 2.33. The zero-order valence-corrected chi connectivity index (χ0v) is 20.6. The van der Waals surface area contributed by atoms with Crippen LogP contribution in [0.3, 0.4) is 0 Å². The van der Waals surface area contributed by atoms with Crippen LogP contribution in [0, 0.1) is 6.92 Å². The van der Waals surface area contributed by atoms with Gasteiger partial charge >= 0.3 is 6.18 Å². The number of carbonyl (C=O) groups excluding carboxylic acids is 1. The molecule has 0 spiro atoms. The quantitative estimate of drug-likeness (QED) is 0.327. The Labute approximate surface area is 211 Å². The first kappa shape index (κ1) is 26.1. The Morgan fingerprint density at radius 2 is 1.76 bits per heavy atom. The van der Waals surface area contributed by atoms with Crippen LogP contribution in [-0.4, -0.2) is 40.6 Å². The summed E-state index contributed by atoms with van der Waals surface area (Å²) in [5, 5.41) is 0.411. The van der Waals surface area contributed by atoms with Gasteiger partial charge in [-0.2, -0.15) is 13.2 Å². The number of alkyl halides is 3. The summed E-state index contributed by atoms with van der Waals surface area (Å²) >= 11 is 0. The molecule has 0 aliphatic carbocycles. The van der Waals surface area contributed by atoms with Crippen molar-refractivity contribution in [3.8, 4) is 5.69 Å². The van der Waals surface area contributed by atoms with Crippen LogP contribution in [0.1, 0.15) is 40.3 Å². The highest BCUT2D eigenvalue weighted by Crippen LogP contribution is 2.31. The predicted molar refractivity (Wildman–Crippen MR) is 135 cm³/mol. The van der Waals surface area contributed by atoms with Gasteiger partial charge in [-0.05, 0) is 55.8 Å². The van der Waals surface area contributed by atoms with E-state index in [1.165, 1.54) is 28.7 Å². The maximum Gasteiger partial charge on any atom is 0.416 e. The van der Waals surface area contributed by atoms with Crippen molar-refractivity contribution in [1.29, 1.82) is 0 Å². The zero-order chi connectivity index (χ0) is 26.7. The normalized spacial score (nSPS) is 12.5. The van der Waals surface area contributed by atoms with Crippen LogP contribution in [0.2, 0.25) is 0 Å². The molecule has 0 fully saturated rings. The molecule has 4 rings (SSSR count). The predicted octanol–water partition coefficient (Wildman–Crippen LogP) is 5.56. The van der Waals surface area contributed by atoms with Gasteiger partial charge in [-0.15, -0.1) is 0 Å². The number of methoxy groups -OCH3 is 1. The molecule has 1 amide bonds. The lowest BCUT2D eigenvalue weighted by atomic mass is 10.1.